The fourth-order valence-corrected chi connectivity index (χ4v) is 4.30. The van der Waals surface area contributed by atoms with E-state index in [1.807, 2.05) is 6.92 Å². The van der Waals surface area contributed by atoms with E-state index in [1.165, 1.54) is 19.2 Å². The number of carbonyl (C=O) groups excluding carboxylic acids is 2. The molecule has 28 heavy (non-hydrogen) atoms. The zero-order valence-electron chi connectivity index (χ0n) is 15.4. The fraction of sp³-hybridized carbons (Fsp3) is 0.526. The minimum absolute atomic E-state index is 0.143. The Morgan fingerprint density at radius 1 is 1.21 bits per heavy atom. The number of carbonyl (C=O) groups is 3. The summed E-state index contributed by atoms with van der Waals surface area (Å²) in [4.78, 5) is 38.5. The fourth-order valence-electron chi connectivity index (χ4n) is 4.30. The lowest BCUT2D eigenvalue weighted by Crippen LogP contribution is -2.55. The average molecular weight is 398 g/mol. The molecule has 4 atom stereocenters. The van der Waals surface area contributed by atoms with E-state index in [-0.39, 0.29) is 6.42 Å². The molecular formula is C19H21F3N2O4. The summed E-state index contributed by atoms with van der Waals surface area (Å²) < 4.78 is 38.5. The van der Waals surface area contributed by atoms with Gasteiger partial charge in [0.25, 0.3) is 0 Å². The molecule has 152 valence electrons. The van der Waals surface area contributed by atoms with Gasteiger partial charge < -0.3 is 5.11 Å². The highest BCUT2D eigenvalue weighted by atomic mass is 19.4. The van der Waals surface area contributed by atoms with Gasteiger partial charge in [0.15, 0.2) is 0 Å². The maximum Gasteiger partial charge on any atom is 0.416 e. The van der Waals surface area contributed by atoms with Crippen LogP contribution >= 0.6 is 0 Å². The van der Waals surface area contributed by atoms with Gasteiger partial charge in [0, 0.05) is 13.1 Å². The Bertz CT molecular complexity index is 808. The number of amides is 2. The van der Waals surface area contributed by atoms with Crippen molar-refractivity contribution in [3.05, 3.63) is 35.4 Å². The molecule has 9 heteroatoms. The molecule has 1 aromatic carbocycles. The molecule has 2 fully saturated rings. The number of nitrogens with zero attached hydrogens (tertiary/aromatic N) is 1. The van der Waals surface area contributed by atoms with Gasteiger partial charge in [0.1, 0.15) is 5.54 Å². The lowest BCUT2D eigenvalue weighted by molar-refractivity contribution is -0.151. The molecule has 2 N–H and O–H groups in total. The molecule has 0 bridgehead atoms. The van der Waals surface area contributed by atoms with E-state index >= 15 is 0 Å². The zero-order chi connectivity index (χ0) is 20.9. The molecule has 0 aromatic heterocycles. The molecule has 2 saturated heterocycles. The van der Waals surface area contributed by atoms with Gasteiger partial charge in [-0.05, 0) is 24.1 Å². The van der Waals surface area contributed by atoms with Crippen LogP contribution in [0.4, 0.5) is 13.2 Å². The quantitative estimate of drug-likeness (QED) is 0.745. The van der Waals surface area contributed by atoms with Crippen molar-refractivity contribution < 1.29 is 32.7 Å². The number of unbranched alkanes of at least 4 members (excludes halogenated alkanes) is 1. The summed E-state index contributed by atoms with van der Waals surface area (Å²) in [6.45, 7) is 1.88. The summed E-state index contributed by atoms with van der Waals surface area (Å²) in [5.74, 6) is -4.40. The molecule has 4 unspecified atom stereocenters. The normalized spacial score (nSPS) is 30.0. The Kier molecular flexibility index (Phi) is 4.99. The van der Waals surface area contributed by atoms with Crippen LogP contribution in [0.15, 0.2) is 24.3 Å². The van der Waals surface area contributed by atoms with Crippen LogP contribution in [0.25, 0.3) is 0 Å². The van der Waals surface area contributed by atoms with E-state index in [0.717, 1.165) is 17.0 Å². The summed E-state index contributed by atoms with van der Waals surface area (Å²) in [6, 6.07) is 3.38. The SMILES string of the molecule is CCCCC1(C(=O)O)NC(c2ccc(C(F)(F)F)cc2)C2C(=O)N(C)C(=O)C21. The molecule has 2 aliphatic rings. The average Bonchev–Trinajstić information content (AvgIpc) is 3.10. The highest BCUT2D eigenvalue weighted by Gasteiger charge is 2.67. The number of carboxylic acid groups (broad SMARTS) is 1. The first-order valence-electron chi connectivity index (χ1n) is 9.04. The van der Waals surface area contributed by atoms with Crippen LogP contribution in [0.5, 0.6) is 0 Å². The number of nitrogens with one attached hydrogen (secondary N) is 1. The van der Waals surface area contributed by atoms with Crippen LogP contribution in [0.3, 0.4) is 0 Å². The number of halogens is 3. The summed E-state index contributed by atoms with van der Waals surface area (Å²) in [5.41, 5.74) is -2.13. The van der Waals surface area contributed by atoms with Crippen molar-refractivity contribution in [2.24, 2.45) is 11.8 Å². The Morgan fingerprint density at radius 3 is 2.32 bits per heavy atom. The third-order valence-corrected chi connectivity index (χ3v) is 5.78. The second-order valence-corrected chi connectivity index (χ2v) is 7.36. The monoisotopic (exact) mass is 398 g/mol. The molecule has 0 radical (unpaired) electrons. The maximum absolute atomic E-state index is 12.8. The van der Waals surface area contributed by atoms with Crippen molar-refractivity contribution in [1.82, 2.24) is 10.2 Å². The Morgan fingerprint density at radius 2 is 1.82 bits per heavy atom. The standard InChI is InChI=1S/C19H21F3N2O4/c1-3-4-9-18(17(27)28)13-12(15(25)24(2)16(13)26)14(23-18)10-5-7-11(8-6-10)19(20,21)22/h5-8,12-14,23H,3-4,9H2,1-2H3,(H,27,28). The van der Waals surface area contributed by atoms with E-state index in [4.69, 9.17) is 0 Å². The predicted octanol–water partition coefficient (Wildman–Crippen LogP) is 2.59. The molecule has 3 rings (SSSR count). The second-order valence-electron chi connectivity index (χ2n) is 7.36. The molecular weight excluding hydrogens is 377 g/mol. The summed E-state index contributed by atoms with van der Waals surface area (Å²) >= 11 is 0. The van der Waals surface area contributed by atoms with Crippen LogP contribution in [-0.4, -0.2) is 40.4 Å². The smallest absolute Gasteiger partial charge is 0.416 e. The number of benzene rings is 1. The van der Waals surface area contributed by atoms with Gasteiger partial charge in [-0.25, -0.2) is 0 Å². The first-order chi connectivity index (χ1) is 13.0. The van der Waals surface area contributed by atoms with E-state index < -0.39 is 52.9 Å². The molecule has 2 aliphatic heterocycles. The Balaban J connectivity index is 2.06. The lowest BCUT2D eigenvalue weighted by atomic mass is 9.76. The van der Waals surface area contributed by atoms with E-state index in [2.05, 4.69) is 5.32 Å². The number of alkyl halides is 3. The van der Waals surface area contributed by atoms with E-state index in [1.54, 1.807) is 0 Å². The molecule has 0 spiro atoms. The molecule has 6 nitrogen and oxygen atoms in total. The van der Waals surface area contributed by atoms with Gasteiger partial charge in [-0.1, -0.05) is 31.9 Å². The predicted molar refractivity (Wildman–Crippen MR) is 92.0 cm³/mol. The highest BCUT2D eigenvalue weighted by Crippen LogP contribution is 2.50. The van der Waals surface area contributed by atoms with Gasteiger partial charge in [0.05, 0.1) is 17.4 Å². The first kappa shape index (κ1) is 20.3. The minimum atomic E-state index is -4.50. The Hall–Kier alpha value is -2.42. The van der Waals surface area contributed by atoms with Crippen LogP contribution in [-0.2, 0) is 20.6 Å². The third-order valence-electron chi connectivity index (χ3n) is 5.78. The van der Waals surface area contributed by atoms with Gasteiger partial charge >= 0.3 is 12.1 Å². The maximum atomic E-state index is 12.8. The van der Waals surface area contributed by atoms with Gasteiger partial charge in [0.2, 0.25) is 11.8 Å². The number of likely N-dealkylation sites (tertiary alicyclic amines) is 1. The molecule has 0 saturated carbocycles. The number of aliphatic carboxylic acids is 1. The number of carboxylic acids is 1. The number of fused-ring (bicyclic) bond motifs is 1. The molecule has 1 aromatic rings. The van der Waals surface area contributed by atoms with Crippen LogP contribution < -0.4 is 5.32 Å². The summed E-state index contributed by atoms with van der Waals surface area (Å²) in [5, 5.41) is 12.9. The van der Waals surface area contributed by atoms with Gasteiger partial charge in [-0.2, -0.15) is 13.2 Å². The largest absolute Gasteiger partial charge is 0.480 e. The van der Waals surface area contributed by atoms with Crippen LogP contribution in [0.2, 0.25) is 0 Å². The van der Waals surface area contributed by atoms with E-state index in [0.29, 0.717) is 18.4 Å². The van der Waals surface area contributed by atoms with Crippen LogP contribution in [0.1, 0.15) is 43.4 Å². The van der Waals surface area contributed by atoms with Crippen molar-refractivity contribution in [2.75, 3.05) is 7.05 Å². The minimum Gasteiger partial charge on any atom is -0.480 e. The number of hydrogen-bond acceptors (Lipinski definition) is 4. The van der Waals surface area contributed by atoms with Crippen molar-refractivity contribution in [3.8, 4) is 0 Å². The van der Waals surface area contributed by atoms with Gasteiger partial charge in [-0.15, -0.1) is 0 Å². The topological polar surface area (TPSA) is 86.7 Å². The molecule has 2 amide bonds. The summed E-state index contributed by atoms with van der Waals surface area (Å²) in [6.07, 6.45) is -3.15. The highest BCUT2D eigenvalue weighted by molar-refractivity contribution is 6.09. The van der Waals surface area contributed by atoms with Crippen molar-refractivity contribution in [2.45, 2.75) is 43.9 Å². The number of rotatable bonds is 5. The van der Waals surface area contributed by atoms with Crippen molar-refractivity contribution >= 4 is 17.8 Å². The van der Waals surface area contributed by atoms with Gasteiger partial charge in [-0.3, -0.25) is 24.6 Å². The first-order valence-corrected chi connectivity index (χ1v) is 9.04. The number of hydrogen-bond donors (Lipinski definition) is 2. The van der Waals surface area contributed by atoms with Crippen molar-refractivity contribution in [1.29, 1.82) is 0 Å². The van der Waals surface area contributed by atoms with Crippen LogP contribution in [0, 0.1) is 11.8 Å². The summed E-state index contributed by atoms with van der Waals surface area (Å²) in [7, 11) is 1.30. The lowest BCUT2D eigenvalue weighted by Gasteiger charge is -2.30. The third kappa shape index (κ3) is 2.97. The molecule has 2 heterocycles. The Labute approximate surface area is 159 Å². The van der Waals surface area contributed by atoms with E-state index in [9.17, 15) is 32.7 Å². The molecule has 0 aliphatic carbocycles. The number of imide groups is 1. The zero-order valence-corrected chi connectivity index (χ0v) is 15.4. The second kappa shape index (κ2) is 6.88. The van der Waals surface area contributed by atoms with Crippen molar-refractivity contribution in [3.63, 3.8) is 0 Å².